The van der Waals surface area contributed by atoms with Gasteiger partial charge in [0.05, 0.1) is 17.6 Å². The van der Waals surface area contributed by atoms with Crippen LogP contribution in [-0.2, 0) is 11.3 Å². The van der Waals surface area contributed by atoms with Crippen LogP contribution >= 0.6 is 0 Å². The van der Waals surface area contributed by atoms with Gasteiger partial charge in [-0.15, -0.1) is 0 Å². The number of nitrogens with zero attached hydrogens (tertiary/aromatic N) is 5. The highest BCUT2D eigenvalue weighted by atomic mass is 16.4. The van der Waals surface area contributed by atoms with Crippen LogP contribution in [0.1, 0.15) is 30.9 Å². The zero-order chi connectivity index (χ0) is 15.8. The molecule has 0 aliphatic heterocycles. The fraction of sp³-hybridized carbons (Fsp3) is 0.333. The Morgan fingerprint density at radius 2 is 2.30 bits per heavy atom. The van der Waals surface area contributed by atoms with Crippen molar-refractivity contribution in [1.29, 1.82) is 0 Å². The molecule has 23 heavy (non-hydrogen) atoms. The van der Waals surface area contributed by atoms with Gasteiger partial charge < -0.3 is 10.4 Å². The number of rotatable bonds is 5. The first-order valence-corrected chi connectivity index (χ1v) is 7.54. The summed E-state index contributed by atoms with van der Waals surface area (Å²) < 4.78 is 3.19. The molecule has 1 aliphatic rings. The van der Waals surface area contributed by atoms with Gasteiger partial charge >= 0.3 is 5.97 Å². The summed E-state index contributed by atoms with van der Waals surface area (Å²) in [5, 5.41) is 20.6. The van der Waals surface area contributed by atoms with E-state index in [1.54, 1.807) is 18.6 Å². The van der Waals surface area contributed by atoms with Gasteiger partial charge in [-0.05, 0) is 18.9 Å². The zero-order valence-corrected chi connectivity index (χ0v) is 12.4. The number of fused-ring (bicyclic) bond motifs is 1. The Morgan fingerprint density at radius 1 is 1.43 bits per heavy atom. The number of aliphatic carboxylic acids is 1. The Bertz CT molecular complexity index is 864. The molecule has 1 fully saturated rings. The molecule has 0 saturated heterocycles. The van der Waals surface area contributed by atoms with Crippen molar-refractivity contribution in [2.24, 2.45) is 0 Å². The Kier molecular flexibility index (Phi) is 3.22. The van der Waals surface area contributed by atoms with Crippen molar-refractivity contribution in [3.8, 4) is 0 Å². The summed E-state index contributed by atoms with van der Waals surface area (Å²) in [7, 11) is 0. The molecule has 0 amide bonds. The van der Waals surface area contributed by atoms with Crippen LogP contribution in [0.15, 0.2) is 30.9 Å². The Hall–Kier alpha value is -2.90. The lowest BCUT2D eigenvalue weighted by atomic mass is 9.83. The highest BCUT2D eigenvalue weighted by Crippen LogP contribution is 2.36. The maximum atomic E-state index is 10.7. The molecule has 3 aromatic rings. The lowest BCUT2D eigenvalue weighted by molar-refractivity contribution is -0.137. The van der Waals surface area contributed by atoms with E-state index in [9.17, 15) is 4.79 Å². The average molecular weight is 312 g/mol. The van der Waals surface area contributed by atoms with Crippen LogP contribution < -0.4 is 5.32 Å². The average Bonchev–Trinajstić information content (AvgIpc) is 3.03. The maximum absolute atomic E-state index is 10.7. The quantitative estimate of drug-likeness (QED) is 0.748. The van der Waals surface area contributed by atoms with Crippen LogP contribution in [0.25, 0.3) is 5.52 Å². The molecule has 1 saturated carbocycles. The summed E-state index contributed by atoms with van der Waals surface area (Å²) in [5.74, 6) is 0.308. The summed E-state index contributed by atoms with van der Waals surface area (Å²) >= 11 is 0. The molecule has 0 atom stereocenters. The lowest BCUT2D eigenvalue weighted by Gasteiger charge is -2.22. The first-order valence-electron chi connectivity index (χ1n) is 7.54. The number of anilines is 2. The van der Waals surface area contributed by atoms with E-state index in [-0.39, 0.29) is 6.54 Å². The van der Waals surface area contributed by atoms with Crippen molar-refractivity contribution < 1.29 is 9.90 Å². The van der Waals surface area contributed by atoms with E-state index in [2.05, 4.69) is 26.6 Å². The first-order chi connectivity index (χ1) is 11.2. The van der Waals surface area contributed by atoms with Crippen LogP contribution in [0.4, 0.5) is 11.5 Å². The van der Waals surface area contributed by atoms with Gasteiger partial charge in [-0.2, -0.15) is 10.2 Å². The van der Waals surface area contributed by atoms with Gasteiger partial charge in [0.2, 0.25) is 0 Å². The molecular weight excluding hydrogens is 296 g/mol. The third-order valence-corrected chi connectivity index (χ3v) is 4.13. The minimum atomic E-state index is -0.930. The number of nitrogens with one attached hydrogen (secondary N) is 1. The molecule has 0 radical (unpaired) electrons. The monoisotopic (exact) mass is 312 g/mol. The summed E-state index contributed by atoms with van der Waals surface area (Å²) in [6.45, 7) is -0.169. The minimum Gasteiger partial charge on any atom is -0.480 e. The standard InChI is InChI=1S/C15H16N6O2/c22-14(23)9-20-8-11(7-17-20)18-15-13-6-12(10-2-1-3-10)19-21(13)5-4-16-15/h4-8,10H,1-3,9H2,(H,16,18)(H,22,23). The molecule has 3 aromatic heterocycles. The van der Waals surface area contributed by atoms with Crippen LogP contribution in [-0.4, -0.2) is 35.5 Å². The normalized spacial score (nSPS) is 14.8. The number of carboxylic acid groups (broad SMARTS) is 1. The second-order valence-corrected chi connectivity index (χ2v) is 5.75. The third-order valence-electron chi connectivity index (χ3n) is 4.13. The number of hydrogen-bond donors (Lipinski definition) is 2. The minimum absolute atomic E-state index is 0.169. The smallest absolute Gasteiger partial charge is 0.325 e. The molecule has 2 N–H and O–H groups in total. The van der Waals surface area contributed by atoms with Crippen LogP contribution in [0.2, 0.25) is 0 Å². The van der Waals surface area contributed by atoms with E-state index in [0.29, 0.717) is 17.4 Å². The molecule has 4 rings (SSSR count). The van der Waals surface area contributed by atoms with Gasteiger partial charge in [0.15, 0.2) is 5.82 Å². The largest absolute Gasteiger partial charge is 0.480 e. The maximum Gasteiger partial charge on any atom is 0.325 e. The van der Waals surface area contributed by atoms with Crippen LogP contribution in [0.5, 0.6) is 0 Å². The Balaban J connectivity index is 1.61. The molecule has 3 heterocycles. The highest BCUT2D eigenvalue weighted by Gasteiger charge is 2.23. The predicted molar refractivity (Wildman–Crippen MR) is 82.7 cm³/mol. The van der Waals surface area contributed by atoms with Crippen molar-refractivity contribution in [2.75, 3.05) is 5.32 Å². The van der Waals surface area contributed by atoms with E-state index in [1.165, 1.54) is 23.9 Å². The summed E-state index contributed by atoms with van der Waals surface area (Å²) in [4.78, 5) is 15.1. The Morgan fingerprint density at radius 3 is 3.04 bits per heavy atom. The molecule has 0 unspecified atom stereocenters. The molecule has 8 heteroatoms. The predicted octanol–water partition coefficient (Wildman–Crippen LogP) is 2.02. The molecule has 8 nitrogen and oxygen atoms in total. The molecule has 1 aliphatic carbocycles. The topological polar surface area (TPSA) is 97.3 Å². The van der Waals surface area contributed by atoms with Gasteiger partial charge in [0.25, 0.3) is 0 Å². The first kappa shape index (κ1) is 13.7. The van der Waals surface area contributed by atoms with E-state index in [4.69, 9.17) is 5.11 Å². The van der Waals surface area contributed by atoms with Crippen molar-refractivity contribution >= 4 is 23.0 Å². The van der Waals surface area contributed by atoms with Crippen LogP contribution in [0.3, 0.4) is 0 Å². The number of hydrogen-bond acceptors (Lipinski definition) is 5. The lowest BCUT2D eigenvalue weighted by Crippen LogP contribution is -2.09. The number of aromatic nitrogens is 5. The molecule has 0 aromatic carbocycles. The van der Waals surface area contributed by atoms with E-state index >= 15 is 0 Å². The van der Waals surface area contributed by atoms with Crippen molar-refractivity contribution in [3.63, 3.8) is 0 Å². The van der Waals surface area contributed by atoms with Gasteiger partial charge in [0.1, 0.15) is 12.1 Å². The van der Waals surface area contributed by atoms with E-state index in [1.807, 2.05) is 10.7 Å². The zero-order valence-electron chi connectivity index (χ0n) is 12.4. The van der Waals surface area contributed by atoms with Gasteiger partial charge in [-0.25, -0.2) is 9.50 Å². The number of carbonyl (C=O) groups is 1. The molecule has 0 bridgehead atoms. The molecule has 118 valence electrons. The van der Waals surface area contributed by atoms with Crippen molar-refractivity contribution in [3.05, 3.63) is 36.5 Å². The van der Waals surface area contributed by atoms with Gasteiger partial charge in [-0.3, -0.25) is 9.48 Å². The fourth-order valence-electron chi connectivity index (χ4n) is 2.73. The van der Waals surface area contributed by atoms with Crippen molar-refractivity contribution in [1.82, 2.24) is 24.4 Å². The summed E-state index contributed by atoms with van der Waals surface area (Å²) in [6.07, 6.45) is 10.4. The third kappa shape index (κ3) is 2.63. The fourth-order valence-corrected chi connectivity index (χ4v) is 2.73. The van der Waals surface area contributed by atoms with E-state index in [0.717, 1.165) is 11.2 Å². The van der Waals surface area contributed by atoms with Gasteiger partial charge in [0, 0.05) is 24.5 Å². The van der Waals surface area contributed by atoms with Crippen LogP contribution in [0, 0.1) is 0 Å². The second kappa shape index (κ2) is 5.38. The van der Waals surface area contributed by atoms with Gasteiger partial charge in [-0.1, -0.05) is 6.42 Å². The SMILES string of the molecule is O=C(O)Cn1cc(Nc2nccn3nc(C4CCC4)cc23)cn1. The summed E-state index contributed by atoms with van der Waals surface area (Å²) in [6, 6.07) is 2.07. The Labute approximate surface area is 131 Å². The molecule has 0 spiro atoms. The second-order valence-electron chi connectivity index (χ2n) is 5.75. The van der Waals surface area contributed by atoms with E-state index < -0.39 is 5.97 Å². The molecular formula is C15H16N6O2. The highest BCUT2D eigenvalue weighted by molar-refractivity contribution is 5.73. The summed E-state index contributed by atoms with van der Waals surface area (Å²) in [5.41, 5.74) is 2.70. The van der Waals surface area contributed by atoms with Crippen molar-refractivity contribution in [2.45, 2.75) is 31.7 Å². The number of carboxylic acids is 1.